The molecule has 0 saturated heterocycles. The Balaban J connectivity index is 2.37. The molecular weight excluding hydrogens is 276 g/mol. The Kier molecular flexibility index (Phi) is 3.66. The van der Waals surface area contributed by atoms with Gasteiger partial charge in [-0.15, -0.1) is 0 Å². The molecule has 1 aromatic carbocycles. The molecule has 1 aromatic heterocycles. The van der Waals surface area contributed by atoms with Crippen molar-refractivity contribution in [2.45, 2.75) is 0 Å². The molecule has 90 valence electrons. The van der Waals surface area contributed by atoms with Crippen LogP contribution in [0.4, 0.5) is 15.9 Å². The average Bonchev–Trinajstić information content (AvgIpc) is 2.30. The van der Waals surface area contributed by atoms with Crippen LogP contribution in [0.3, 0.4) is 0 Å². The highest BCUT2D eigenvalue weighted by Crippen LogP contribution is 2.27. The molecule has 0 saturated carbocycles. The van der Waals surface area contributed by atoms with Gasteiger partial charge in [0.1, 0.15) is 16.9 Å². The maximum Gasteiger partial charge on any atom is 0.150 e. The minimum absolute atomic E-state index is 0.181. The lowest BCUT2D eigenvalue weighted by atomic mass is 10.2. The van der Waals surface area contributed by atoms with Crippen LogP contribution in [0.25, 0.3) is 0 Å². The first kappa shape index (κ1) is 12.6. The number of benzene rings is 1. The first-order chi connectivity index (χ1) is 8.60. The molecule has 6 heteroatoms. The summed E-state index contributed by atoms with van der Waals surface area (Å²) < 4.78 is 13.1. The first-order valence-electron chi connectivity index (χ1n) is 4.88. The van der Waals surface area contributed by atoms with E-state index in [4.69, 9.17) is 28.5 Å². The summed E-state index contributed by atoms with van der Waals surface area (Å²) in [6.07, 6.45) is 1.44. The third kappa shape index (κ3) is 2.70. The van der Waals surface area contributed by atoms with Crippen LogP contribution >= 0.6 is 23.2 Å². The van der Waals surface area contributed by atoms with Crippen LogP contribution in [-0.4, -0.2) is 4.98 Å². The minimum Gasteiger partial charge on any atom is -0.339 e. The second-order valence-corrected chi connectivity index (χ2v) is 4.23. The molecular formula is C12H6Cl2FN3. The van der Waals surface area contributed by atoms with Crippen LogP contribution in [0, 0.1) is 17.1 Å². The number of hydrogen-bond acceptors (Lipinski definition) is 3. The number of nitrogens with zero attached hydrogens (tertiary/aromatic N) is 2. The van der Waals surface area contributed by atoms with E-state index in [1.54, 1.807) is 0 Å². The van der Waals surface area contributed by atoms with E-state index < -0.39 is 5.82 Å². The molecule has 0 atom stereocenters. The second-order valence-electron chi connectivity index (χ2n) is 3.42. The monoisotopic (exact) mass is 281 g/mol. The lowest BCUT2D eigenvalue weighted by Gasteiger charge is -2.08. The van der Waals surface area contributed by atoms with Gasteiger partial charge in [-0.3, -0.25) is 0 Å². The summed E-state index contributed by atoms with van der Waals surface area (Å²) in [5.74, 6) is -0.199. The number of nitrogens with one attached hydrogen (secondary N) is 1. The number of pyridine rings is 1. The van der Waals surface area contributed by atoms with Gasteiger partial charge in [-0.1, -0.05) is 23.2 Å². The third-order valence-electron chi connectivity index (χ3n) is 2.13. The highest BCUT2D eigenvalue weighted by molar-refractivity contribution is 6.34. The van der Waals surface area contributed by atoms with Crippen molar-refractivity contribution < 1.29 is 4.39 Å². The van der Waals surface area contributed by atoms with Gasteiger partial charge in [-0.05, 0) is 24.3 Å². The Morgan fingerprint density at radius 3 is 2.72 bits per heavy atom. The SMILES string of the molecule is N#Cc1ccnc(Nc2cc(F)cc(Cl)c2)c1Cl. The van der Waals surface area contributed by atoms with Gasteiger partial charge in [0.25, 0.3) is 0 Å². The molecule has 1 N–H and O–H groups in total. The van der Waals surface area contributed by atoms with Crippen molar-refractivity contribution in [3.63, 3.8) is 0 Å². The number of nitriles is 1. The Morgan fingerprint density at radius 1 is 1.28 bits per heavy atom. The van der Waals surface area contributed by atoms with E-state index in [-0.39, 0.29) is 21.4 Å². The zero-order valence-electron chi connectivity index (χ0n) is 8.92. The fraction of sp³-hybridized carbons (Fsp3) is 0. The molecule has 0 aliphatic heterocycles. The number of halogens is 3. The Bertz CT molecular complexity index is 617. The van der Waals surface area contributed by atoms with Crippen LogP contribution in [0.1, 0.15) is 5.56 Å². The van der Waals surface area contributed by atoms with Crippen molar-refractivity contribution in [1.29, 1.82) is 5.26 Å². The summed E-state index contributed by atoms with van der Waals surface area (Å²) in [6.45, 7) is 0. The molecule has 0 spiro atoms. The maximum absolute atomic E-state index is 13.1. The predicted molar refractivity (Wildman–Crippen MR) is 68.7 cm³/mol. The molecule has 0 amide bonds. The summed E-state index contributed by atoms with van der Waals surface area (Å²) >= 11 is 11.7. The van der Waals surface area contributed by atoms with E-state index in [1.807, 2.05) is 6.07 Å². The minimum atomic E-state index is -0.474. The van der Waals surface area contributed by atoms with Crippen LogP contribution in [0.5, 0.6) is 0 Å². The lowest BCUT2D eigenvalue weighted by Crippen LogP contribution is -1.96. The van der Waals surface area contributed by atoms with Gasteiger partial charge < -0.3 is 5.32 Å². The second kappa shape index (κ2) is 5.21. The normalized spacial score (nSPS) is 9.89. The van der Waals surface area contributed by atoms with Gasteiger partial charge in [-0.25, -0.2) is 9.37 Å². The fourth-order valence-corrected chi connectivity index (χ4v) is 1.80. The fourth-order valence-electron chi connectivity index (χ4n) is 1.38. The highest BCUT2D eigenvalue weighted by Gasteiger charge is 2.08. The molecule has 0 aliphatic rings. The zero-order valence-corrected chi connectivity index (χ0v) is 10.4. The zero-order chi connectivity index (χ0) is 13.1. The van der Waals surface area contributed by atoms with Crippen molar-refractivity contribution in [3.05, 3.63) is 51.9 Å². The molecule has 1 heterocycles. The molecule has 0 bridgehead atoms. The highest BCUT2D eigenvalue weighted by atomic mass is 35.5. The van der Waals surface area contributed by atoms with E-state index >= 15 is 0 Å². The summed E-state index contributed by atoms with van der Waals surface area (Å²) in [6, 6.07) is 7.39. The van der Waals surface area contributed by atoms with E-state index in [9.17, 15) is 4.39 Å². The molecule has 0 fully saturated rings. The molecule has 3 nitrogen and oxygen atoms in total. The van der Waals surface area contributed by atoms with E-state index in [2.05, 4.69) is 10.3 Å². The van der Waals surface area contributed by atoms with Crippen molar-refractivity contribution in [2.75, 3.05) is 5.32 Å². The average molecular weight is 282 g/mol. The smallest absolute Gasteiger partial charge is 0.150 e. The van der Waals surface area contributed by atoms with Crippen molar-refractivity contribution in [3.8, 4) is 6.07 Å². The molecule has 0 aliphatic carbocycles. The van der Waals surface area contributed by atoms with Crippen molar-refractivity contribution in [1.82, 2.24) is 4.98 Å². The standard InChI is InChI=1S/C12H6Cl2FN3/c13-8-3-9(15)5-10(4-8)18-12-11(14)7(6-16)1-2-17-12/h1-5H,(H,17,18). The summed E-state index contributed by atoms with van der Waals surface area (Å²) in [5, 5.41) is 12.1. The van der Waals surface area contributed by atoms with Crippen LogP contribution in [0.2, 0.25) is 10.0 Å². The number of hydrogen-bond donors (Lipinski definition) is 1. The topological polar surface area (TPSA) is 48.7 Å². The summed E-state index contributed by atoms with van der Waals surface area (Å²) in [4.78, 5) is 3.98. The van der Waals surface area contributed by atoms with Crippen LogP contribution in [0.15, 0.2) is 30.5 Å². The van der Waals surface area contributed by atoms with Gasteiger partial charge in [-0.2, -0.15) is 5.26 Å². The van der Waals surface area contributed by atoms with E-state index in [1.165, 1.54) is 30.5 Å². The number of aromatic nitrogens is 1. The predicted octanol–water partition coefficient (Wildman–Crippen LogP) is 4.14. The summed E-state index contributed by atoms with van der Waals surface area (Å²) in [5.41, 5.74) is 0.696. The van der Waals surface area contributed by atoms with Gasteiger partial charge in [0.05, 0.1) is 5.56 Å². The Labute approximate surface area is 113 Å². The van der Waals surface area contributed by atoms with Crippen LogP contribution < -0.4 is 5.32 Å². The van der Waals surface area contributed by atoms with Crippen LogP contribution in [-0.2, 0) is 0 Å². The van der Waals surface area contributed by atoms with E-state index in [0.29, 0.717) is 5.69 Å². The molecule has 18 heavy (non-hydrogen) atoms. The molecule has 2 aromatic rings. The first-order valence-corrected chi connectivity index (χ1v) is 5.63. The largest absolute Gasteiger partial charge is 0.339 e. The maximum atomic E-state index is 13.1. The van der Waals surface area contributed by atoms with Gasteiger partial charge in [0.15, 0.2) is 5.82 Å². The van der Waals surface area contributed by atoms with Gasteiger partial charge in [0.2, 0.25) is 0 Å². The van der Waals surface area contributed by atoms with Gasteiger partial charge in [0, 0.05) is 16.9 Å². The Morgan fingerprint density at radius 2 is 2.06 bits per heavy atom. The number of rotatable bonds is 2. The molecule has 0 radical (unpaired) electrons. The van der Waals surface area contributed by atoms with E-state index in [0.717, 1.165) is 0 Å². The Hall–Kier alpha value is -1.83. The lowest BCUT2D eigenvalue weighted by molar-refractivity contribution is 0.628. The molecule has 2 rings (SSSR count). The van der Waals surface area contributed by atoms with Crippen molar-refractivity contribution >= 4 is 34.7 Å². The quantitative estimate of drug-likeness (QED) is 0.900. The molecule has 0 unspecified atom stereocenters. The third-order valence-corrected chi connectivity index (χ3v) is 2.74. The van der Waals surface area contributed by atoms with Gasteiger partial charge >= 0.3 is 0 Å². The van der Waals surface area contributed by atoms with Crippen molar-refractivity contribution in [2.24, 2.45) is 0 Å². The number of anilines is 2. The summed E-state index contributed by atoms with van der Waals surface area (Å²) in [7, 11) is 0.